The number of likely N-dealkylation sites (tertiary alicyclic amines) is 1. The van der Waals surface area contributed by atoms with E-state index in [0.717, 1.165) is 25.8 Å². The molecule has 0 bridgehead atoms. The molecule has 1 heterocycles. The van der Waals surface area contributed by atoms with Gasteiger partial charge in [-0.15, -0.1) is 0 Å². The van der Waals surface area contributed by atoms with Crippen LogP contribution in [0.3, 0.4) is 0 Å². The van der Waals surface area contributed by atoms with Crippen LogP contribution in [0.15, 0.2) is 0 Å². The number of piperidine rings is 1. The summed E-state index contributed by atoms with van der Waals surface area (Å²) in [5.41, 5.74) is 5.38. The van der Waals surface area contributed by atoms with Crippen molar-refractivity contribution in [1.82, 2.24) is 4.90 Å². The number of β-amino-alcohol motifs (C(OH)–C–C–N with tert-alkyl or cyclic N) is 1. The van der Waals surface area contributed by atoms with Gasteiger partial charge in [0.25, 0.3) is 0 Å². The molecule has 1 amide bonds. The Morgan fingerprint density at radius 3 is 2.56 bits per heavy atom. The minimum Gasteiger partial charge on any atom is -0.391 e. The number of nitrogens with zero attached hydrogens (tertiary/aromatic N) is 1. The first-order valence-corrected chi connectivity index (χ1v) is 6.19. The topological polar surface area (TPSA) is 66.6 Å². The minimum absolute atomic E-state index is 0.0148. The molecule has 1 aliphatic carbocycles. The van der Waals surface area contributed by atoms with Gasteiger partial charge in [-0.25, -0.2) is 0 Å². The molecule has 2 rings (SSSR count). The van der Waals surface area contributed by atoms with Crippen molar-refractivity contribution in [2.45, 2.75) is 44.8 Å². The maximum Gasteiger partial charge on any atom is 0.242 e. The van der Waals surface area contributed by atoms with Gasteiger partial charge in [-0.2, -0.15) is 0 Å². The van der Waals surface area contributed by atoms with Crippen molar-refractivity contribution in [3.8, 4) is 0 Å². The number of amides is 1. The van der Waals surface area contributed by atoms with Crippen molar-refractivity contribution in [3.63, 3.8) is 0 Å². The van der Waals surface area contributed by atoms with E-state index in [0.29, 0.717) is 12.5 Å². The van der Waals surface area contributed by atoms with E-state index < -0.39 is 11.6 Å². The van der Waals surface area contributed by atoms with Crippen LogP contribution in [0.5, 0.6) is 0 Å². The summed E-state index contributed by atoms with van der Waals surface area (Å²) in [6.07, 6.45) is 2.60. The maximum atomic E-state index is 12.2. The Balaban J connectivity index is 1.99. The Morgan fingerprint density at radius 2 is 2.06 bits per heavy atom. The minimum atomic E-state index is -0.722. The maximum absolute atomic E-state index is 12.2. The van der Waals surface area contributed by atoms with Gasteiger partial charge < -0.3 is 15.7 Å². The van der Waals surface area contributed by atoms with Crippen LogP contribution >= 0.6 is 0 Å². The summed E-state index contributed by atoms with van der Waals surface area (Å²) in [6, 6.07) is 0. The molecule has 1 saturated heterocycles. The van der Waals surface area contributed by atoms with Crippen molar-refractivity contribution in [2.24, 2.45) is 17.6 Å². The zero-order valence-electron chi connectivity index (χ0n) is 10.1. The predicted molar refractivity (Wildman–Crippen MR) is 61.7 cm³/mol. The first-order valence-electron chi connectivity index (χ1n) is 6.19. The van der Waals surface area contributed by atoms with Crippen LogP contribution in [0.4, 0.5) is 0 Å². The van der Waals surface area contributed by atoms with E-state index in [1.165, 1.54) is 0 Å². The largest absolute Gasteiger partial charge is 0.391 e. The summed E-state index contributed by atoms with van der Waals surface area (Å²) < 4.78 is 0. The second kappa shape index (κ2) is 4.00. The fourth-order valence-corrected chi connectivity index (χ4v) is 2.43. The van der Waals surface area contributed by atoms with Gasteiger partial charge in [0.15, 0.2) is 0 Å². The van der Waals surface area contributed by atoms with E-state index >= 15 is 0 Å². The lowest BCUT2D eigenvalue weighted by molar-refractivity contribution is -0.141. The normalized spacial score (nSPS) is 34.6. The summed E-state index contributed by atoms with van der Waals surface area (Å²) in [4.78, 5) is 14.0. The molecule has 0 spiro atoms. The molecule has 0 aromatic heterocycles. The molecule has 0 radical (unpaired) electrons. The monoisotopic (exact) mass is 226 g/mol. The standard InChI is InChI=1S/C12H22N2O2/c1-8-5-6-14(7-10(8)15)11(16)12(2,13)9-3-4-9/h8-10,15H,3-7,13H2,1-2H3. The highest BCUT2D eigenvalue weighted by molar-refractivity contribution is 5.86. The average Bonchev–Trinajstić information content (AvgIpc) is 3.04. The van der Waals surface area contributed by atoms with Gasteiger partial charge in [0.2, 0.25) is 5.91 Å². The first kappa shape index (κ1) is 11.9. The third-order valence-electron chi connectivity index (χ3n) is 4.09. The molecule has 3 atom stereocenters. The van der Waals surface area contributed by atoms with Crippen LogP contribution in [0, 0.1) is 11.8 Å². The Hall–Kier alpha value is -0.610. The average molecular weight is 226 g/mol. The van der Waals surface area contributed by atoms with Gasteiger partial charge >= 0.3 is 0 Å². The highest BCUT2D eigenvalue weighted by atomic mass is 16.3. The molecule has 3 unspecified atom stereocenters. The zero-order valence-corrected chi connectivity index (χ0v) is 10.1. The van der Waals surface area contributed by atoms with Crippen molar-refractivity contribution in [3.05, 3.63) is 0 Å². The van der Waals surface area contributed by atoms with Gasteiger partial charge in [0.05, 0.1) is 11.6 Å². The van der Waals surface area contributed by atoms with Gasteiger partial charge in [-0.3, -0.25) is 4.79 Å². The quantitative estimate of drug-likeness (QED) is 0.713. The molecule has 4 heteroatoms. The molecular weight excluding hydrogens is 204 g/mol. The molecule has 0 aromatic carbocycles. The fraction of sp³-hybridized carbons (Fsp3) is 0.917. The second-order valence-corrected chi connectivity index (χ2v) is 5.64. The lowest BCUT2D eigenvalue weighted by atomic mass is 9.91. The number of carbonyl (C=O) groups is 1. The van der Waals surface area contributed by atoms with Gasteiger partial charge in [-0.05, 0) is 38.0 Å². The molecule has 16 heavy (non-hydrogen) atoms. The van der Waals surface area contributed by atoms with E-state index in [1.54, 1.807) is 4.90 Å². The van der Waals surface area contributed by atoms with Crippen molar-refractivity contribution in [1.29, 1.82) is 0 Å². The summed E-state index contributed by atoms with van der Waals surface area (Å²) in [5.74, 6) is 0.645. The second-order valence-electron chi connectivity index (χ2n) is 5.64. The molecule has 0 aromatic rings. The highest BCUT2D eigenvalue weighted by Gasteiger charge is 2.46. The molecule has 1 aliphatic heterocycles. The first-order chi connectivity index (χ1) is 7.43. The summed E-state index contributed by atoms with van der Waals surface area (Å²) in [6.45, 7) is 5.03. The Kier molecular flexibility index (Phi) is 2.97. The Bertz CT molecular complexity index is 287. The van der Waals surface area contributed by atoms with E-state index in [-0.39, 0.29) is 11.8 Å². The van der Waals surface area contributed by atoms with Crippen molar-refractivity contribution >= 4 is 5.91 Å². The van der Waals surface area contributed by atoms with Crippen LogP contribution in [0.2, 0.25) is 0 Å². The number of rotatable bonds is 2. The Morgan fingerprint density at radius 1 is 1.44 bits per heavy atom. The summed E-state index contributed by atoms with van der Waals surface area (Å²) in [5, 5.41) is 9.78. The van der Waals surface area contributed by atoms with E-state index in [2.05, 4.69) is 0 Å². The molecule has 1 saturated carbocycles. The van der Waals surface area contributed by atoms with Crippen LogP contribution < -0.4 is 5.73 Å². The molecular formula is C12H22N2O2. The zero-order chi connectivity index (χ0) is 11.9. The lowest BCUT2D eigenvalue weighted by Gasteiger charge is -2.38. The number of hydrogen-bond donors (Lipinski definition) is 2. The number of nitrogens with two attached hydrogens (primary N) is 1. The number of carbonyl (C=O) groups excluding carboxylic acids is 1. The summed E-state index contributed by atoms with van der Waals surface area (Å²) in [7, 11) is 0. The smallest absolute Gasteiger partial charge is 0.242 e. The van der Waals surface area contributed by atoms with Crippen LogP contribution in [0.1, 0.15) is 33.1 Å². The number of hydrogen-bond acceptors (Lipinski definition) is 3. The SMILES string of the molecule is CC1CCN(C(=O)C(C)(N)C2CC2)CC1O. The lowest BCUT2D eigenvalue weighted by Crippen LogP contribution is -2.58. The Labute approximate surface area is 96.8 Å². The third-order valence-corrected chi connectivity index (χ3v) is 4.09. The van der Waals surface area contributed by atoms with Gasteiger partial charge in [-0.1, -0.05) is 6.92 Å². The van der Waals surface area contributed by atoms with Gasteiger partial charge in [0.1, 0.15) is 0 Å². The van der Waals surface area contributed by atoms with E-state index in [4.69, 9.17) is 5.73 Å². The molecule has 2 fully saturated rings. The summed E-state index contributed by atoms with van der Waals surface area (Å²) >= 11 is 0. The highest BCUT2D eigenvalue weighted by Crippen LogP contribution is 2.39. The number of aliphatic hydroxyl groups is 1. The molecule has 2 aliphatic rings. The van der Waals surface area contributed by atoms with Gasteiger partial charge in [0, 0.05) is 13.1 Å². The van der Waals surface area contributed by atoms with Crippen LogP contribution in [0.25, 0.3) is 0 Å². The molecule has 4 nitrogen and oxygen atoms in total. The fourth-order valence-electron chi connectivity index (χ4n) is 2.43. The predicted octanol–water partition coefficient (Wildman–Crippen LogP) is 0.343. The van der Waals surface area contributed by atoms with Crippen LogP contribution in [-0.4, -0.2) is 40.6 Å². The van der Waals surface area contributed by atoms with Crippen molar-refractivity contribution < 1.29 is 9.90 Å². The molecule has 3 N–H and O–H groups in total. The third kappa shape index (κ3) is 2.09. The van der Waals surface area contributed by atoms with E-state index in [1.807, 2.05) is 13.8 Å². The van der Waals surface area contributed by atoms with Crippen LogP contribution in [-0.2, 0) is 4.79 Å². The number of aliphatic hydroxyl groups excluding tert-OH is 1. The molecule has 92 valence electrons. The van der Waals surface area contributed by atoms with E-state index in [9.17, 15) is 9.90 Å². The van der Waals surface area contributed by atoms with Crippen molar-refractivity contribution in [2.75, 3.05) is 13.1 Å².